The van der Waals surface area contributed by atoms with E-state index in [-0.39, 0.29) is 30.4 Å². The zero-order chi connectivity index (χ0) is 26.2. The molecule has 0 spiro atoms. The number of carbonyl (C=O) groups excluding carboxylic acids is 2. The first-order valence-corrected chi connectivity index (χ1v) is 12.1. The van der Waals surface area contributed by atoms with Gasteiger partial charge in [0.15, 0.2) is 0 Å². The molecule has 0 fully saturated rings. The van der Waals surface area contributed by atoms with Crippen LogP contribution in [-0.2, 0) is 27.2 Å². The maximum absolute atomic E-state index is 11.0. The predicted octanol–water partition coefficient (Wildman–Crippen LogP) is 5.12. The van der Waals surface area contributed by atoms with Crippen LogP contribution in [0, 0.1) is 0 Å². The molecule has 2 aromatic carbocycles. The number of amides is 2. The first-order chi connectivity index (χ1) is 17.1. The topological polar surface area (TPSA) is 114 Å². The van der Waals surface area contributed by atoms with Gasteiger partial charge in [0.05, 0.1) is 6.42 Å². The number of hydrogen-bond acceptors (Lipinski definition) is 5. The Kier molecular flexibility index (Phi) is 9.11. The van der Waals surface area contributed by atoms with E-state index in [1.807, 2.05) is 31.2 Å². The van der Waals surface area contributed by atoms with Crippen LogP contribution >= 0.6 is 0 Å². The number of rotatable bonds is 6. The molecule has 4 rings (SSSR count). The van der Waals surface area contributed by atoms with Crippen LogP contribution < -0.4 is 20.1 Å². The van der Waals surface area contributed by atoms with Crippen molar-refractivity contribution in [2.45, 2.75) is 71.5 Å². The van der Waals surface area contributed by atoms with Gasteiger partial charge in [-0.25, -0.2) is 0 Å². The van der Waals surface area contributed by atoms with Crippen LogP contribution in [0.25, 0.3) is 0 Å². The van der Waals surface area contributed by atoms with Gasteiger partial charge in [-0.3, -0.25) is 14.4 Å². The zero-order valence-electron chi connectivity index (χ0n) is 21.1. The fraction of sp³-hybridized carbons (Fsp3) is 0.393. The molecule has 0 aromatic heterocycles. The second kappa shape index (κ2) is 12.2. The maximum atomic E-state index is 11.0. The minimum Gasteiger partial charge on any atom is -0.490 e. The van der Waals surface area contributed by atoms with Crippen LogP contribution in [0.1, 0.15) is 57.6 Å². The number of nitrogens with one attached hydrogen (secondary N) is 2. The van der Waals surface area contributed by atoms with Crippen molar-refractivity contribution < 1.29 is 29.0 Å². The van der Waals surface area contributed by atoms with Crippen LogP contribution in [0.4, 0.5) is 11.4 Å². The number of aryl methyl sites for hydroxylation is 2. The van der Waals surface area contributed by atoms with Crippen LogP contribution in [0.2, 0.25) is 0 Å². The Morgan fingerprint density at radius 1 is 0.833 bits per heavy atom. The van der Waals surface area contributed by atoms with E-state index in [2.05, 4.69) is 17.2 Å². The first kappa shape index (κ1) is 26.8. The lowest BCUT2D eigenvalue weighted by molar-refractivity contribution is -0.139. The summed E-state index contributed by atoms with van der Waals surface area (Å²) in [6.45, 7) is 8.92. The number of carbonyl (C=O) groups is 3. The Hall–Kier alpha value is -3.81. The third-order valence-electron chi connectivity index (χ3n) is 5.80. The quantitative estimate of drug-likeness (QED) is 0.481. The molecule has 8 heteroatoms. The van der Waals surface area contributed by atoms with E-state index in [4.69, 9.17) is 14.6 Å². The van der Waals surface area contributed by atoms with Crippen molar-refractivity contribution >= 4 is 29.2 Å². The van der Waals surface area contributed by atoms with Gasteiger partial charge in [0.25, 0.3) is 0 Å². The van der Waals surface area contributed by atoms with Gasteiger partial charge >= 0.3 is 5.97 Å². The monoisotopic (exact) mass is 494 g/mol. The van der Waals surface area contributed by atoms with E-state index < -0.39 is 5.97 Å². The number of benzene rings is 2. The van der Waals surface area contributed by atoms with Crippen LogP contribution in [0.5, 0.6) is 11.5 Å². The molecular formula is C28H34N2O6. The molecule has 0 bridgehead atoms. The van der Waals surface area contributed by atoms with Gasteiger partial charge in [-0.1, -0.05) is 5.57 Å². The van der Waals surface area contributed by atoms with Crippen molar-refractivity contribution in [2.75, 3.05) is 10.6 Å². The van der Waals surface area contributed by atoms with Crippen LogP contribution in [0.3, 0.4) is 0 Å². The molecule has 192 valence electrons. The van der Waals surface area contributed by atoms with Gasteiger partial charge < -0.3 is 25.2 Å². The molecule has 2 heterocycles. The Balaban J connectivity index is 0.000000201. The molecule has 2 aliphatic rings. The molecule has 1 unspecified atom stereocenters. The summed E-state index contributed by atoms with van der Waals surface area (Å²) in [5.41, 5.74) is 4.89. The molecule has 2 amide bonds. The van der Waals surface area contributed by atoms with Crippen molar-refractivity contribution in [3.05, 3.63) is 59.7 Å². The first-order valence-electron chi connectivity index (χ1n) is 12.1. The van der Waals surface area contributed by atoms with E-state index in [0.29, 0.717) is 12.2 Å². The van der Waals surface area contributed by atoms with E-state index in [0.717, 1.165) is 53.9 Å². The molecule has 36 heavy (non-hydrogen) atoms. The molecule has 2 atom stereocenters. The fourth-order valence-electron chi connectivity index (χ4n) is 4.32. The smallest absolute Gasteiger partial charge is 0.307 e. The molecule has 8 nitrogen and oxygen atoms in total. The number of fused-ring (bicyclic) bond motifs is 2. The van der Waals surface area contributed by atoms with Crippen LogP contribution in [0.15, 0.2) is 48.6 Å². The van der Waals surface area contributed by atoms with Gasteiger partial charge in [0.2, 0.25) is 11.8 Å². The summed E-state index contributed by atoms with van der Waals surface area (Å²) in [7, 11) is 0. The van der Waals surface area contributed by atoms with Gasteiger partial charge in [-0.05, 0) is 80.1 Å². The molecule has 0 saturated carbocycles. The number of ether oxygens (including phenoxy) is 2. The maximum Gasteiger partial charge on any atom is 0.307 e. The van der Waals surface area contributed by atoms with E-state index >= 15 is 0 Å². The molecule has 0 radical (unpaired) electrons. The third kappa shape index (κ3) is 8.15. The Morgan fingerprint density at radius 2 is 1.28 bits per heavy atom. The molecular weight excluding hydrogens is 460 g/mol. The van der Waals surface area contributed by atoms with E-state index in [1.54, 1.807) is 12.1 Å². The standard InChI is InChI=1S/C15H19NO2.C13H15NO4/c1-10(2)8-14-6-4-12-9-13(16-11(3)17)5-7-15(12)18-14;1-8(15)14-10-3-5-12-9(6-10)2-4-11(18-12)7-13(16)17/h5,7,9,14H,1,4,6,8H2,2-3H3,(H,16,17);3,5-6,11H,2,4,7H2,1H3,(H,14,15)(H,16,17)/t14-;/m0./s1. The van der Waals surface area contributed by atoms with E-state index in [9.17, 15) is 14.4 Å². The number of aliphatic carboxylic acids is 1. The van der Waals surface area contributed by atoms with Gasteiger partial charge in [0.1, 0.15) is 23.7 Å². The largest absolute Gasteiger partial charge is 0.490 e. The number of hydrogen-bond donors (Lipinski definition) is 3. The average molecular weight is 495 g/mol. The molecule has 2 aliphatic heterocycles. The van der Waals surface area contributed by atoms with Gasteiger partial charge in [-0.2, -0.15) is 0 Å². The number of carboxylic acid groups (broad SMARTS) is 1. The zero-order valence-corrected chi connectivity index (χ0v) is 21.1. The summed E-state index contributed by atoms with van der Waals surface area (Å²) >= 11 is 0. The highest BCUT2D eigenvalue weighted by atomic mass is 16.5. The van der Waals surface area contributed by atoms with Crippen molar-refractivity contribution in [3.8, 4) is 11.5 Å². The summed E-state index contributed by atoms with van der Waals surface area (Å²) in [5, 5.41) is 14.2. The summed E-state index contributed by atoms with van der Waals surface area (Å²) in [5.74, 6) is 0.629. The highest BCUT2D eigenvalue weighted by Crippen LogP contribution is 2.32. The Bertz CT molecular complexity index is 1050. The summed E-state index contributed by atoms with van der Waals surface area (Å²) in [4.78, 5) is 32.6. The van der Waals surface area contributed by atoms with Crippen molar-refractivity contribution in [1.82, 2.24) is 0 Å². The minimum absolute atomic E-state index is 0.0207. The number of carboxylic acids is 1. The lowest BCUT2D eigenvalue weighted by atomic mass is 9.98. The molecule has 2 aromatic rings. The SMILES string of the molecule is C=C(C)C[C@@H]1CCc2cc(NC(C)=O)ccc2O1.CC(=O)Nc1ccc2c(c1)CCC(CC(=O)O)O2. The number of anilines is 2. The highest BCUT2D eigenvalue weighted by molar-refractivity contribution is 5.89. The van der Waals surface area contributed by atoms with Gasteiger partial charge in [-0.15, -0.1) is 6.58 Å². The second-order valence-electron chi connectivity index (χ2n) is 9.32. The summed E-state index contributed by atoms with van der Waals surface area (Å²) in [6, 6.07) is 11.2. The van der Waals surface area contributed by atoms with Crippen molar-refractivity contribution in [3.63, 3.8) is 0 Å². The Morgan fingerprint density at radius 3 is 1.67 bits per heavy atom. The predicted molar refractivity (Wildman–Crippen MR) is 139 cm³/mol. The van der Waals surface area contributed by atoms with E-state index in [1.165, 1.54) is 19.4 Å². The summed E-state index contributed by atoms with van der Waals surface area (Å²) in [6.07, 6.45) is 4.34. The lowest BCUT2D eigenvalue weighted by Crippen LogP contribution is -2.25. The van der Waals surface area contributed by atoms with Gasteiger partial charge in [0, 0.05) is 31.6 Å². The second-order valence-corrected chi connectivity index (χ2v) is 9.32. The minimum atomic E-state index is -0.849. The molecule has 0 saturated heterocycles. The third-order valence-corrected chi connectivity index (χ3v) is 5.80. The lowest BCUT2D eigenvalue weighted by Gasteiger charge is -2.26. The summed E-state index contributed by atoms with van der Waals surface area (Å²) < 4.78 is 11.5. The van der Waals surface area contributed by atoms with Crippen molar-refractivity contribution in [1.29, 1.82) is 0 Å². The van der Waals surface area contributed by atoms with Crippen LogP contribution in [-0.4, -0.2) is 35.1 Å². The highest BCUT2D eigenvalue weighted by Gasteiger charge is 2.22. The van der Waals surface area contributed by atoms with Crippen molar-refractivity contribution in [2.24, 2.45) is 0 Å². The Labute approximate surface area is 211 Å². The molecule has 3 N–H and O–H groups in total. The average Bonchev–Trinajstić information content (AvgIpc) is 2.78. The molecule has 0 aliphatic carbocycles. The fourth-order valence-corrected chi connectivity index (χ4v) is 4.32. The normalized spacial score (nSPS) is 17.5.